The standard InChI is InChI=1S/C18H26N2O3/c1-3-5-8-11-19-18(22)14-12-17(21)20(13-14)15-9-6-7-10-16(15)23-4-2/h6-7,9-10,14H,3-5,8,11-13H2,1-2H3,(H,19,22). The third kappa shape index (κ3) is 4.47. The molecule has 23 heavy (non-hydrogen) atoms. The zero-order valence-electron chi connectivity index (χ0n) is 14.0. The van der Waals surface area contributed by atoms with Crippen molar-refractivity contribution in [2.75, 3.05) is 24.6 Å². The molecule has 1 aromatic carbocycles. The van der Waals surface area contributed by atoms with Crippen LogP contribution in [0.1, 0.15) is 39.5 Å². The minimum atomic E-state index is -0.279. The van der Waals surface area contributed by atoms with Gasteiger partial charge in [0.05, 0.1) is 18.2 Å². The lowest BCUT2D eigenvalue weighted by atomic mass is 10.1. The van der Waals surface area contributed by atoms with Gasteiger partial charge in [0.2, 0.25) is 11.8 Å². The molecule has 2 amide bonds. The van der Waals surface area contributed by atoms with Crippen LogP contribution in [0, 0.1) is 5.92 Å². The van der Waals surface area contributed by atoms with Crippen molar-refractivity contribution in [1.29, 1.82) is 0 Å². The van der Waals surface area contributed by atoms with Crippen molar-refractivity contribution < 1.29 is 14.3 Å². The van der Waals surface area contributed by atoms with E-state index in [4.69, 9.17) is 4.74 Å². The van der Waals surface area contributed by atoms with Gasteiger partial charge in [0.15, 0.2) is 0 Å². The van der Waals surface area contributed by atoms with E-state index >= 15 is 0 Å². The van der Waals surface area contributed by atoms with Crippen LogP contribution in [0.3, 0.4) is 0 Å². The predicted octanol–water partition coefficient (Wildman–Crippen LogP) is 2.74. The summed E-state index contributed by atoms with van der Waals surface area (Å²) in [6.07, 6.45) is 3.48. The highest BCUT2D eigenvalue weighted by molar-refractivity contribution is 6.01. The van der Waals surface area contributed by atoms with E-state index in [2.05, 4.69) is 12.2 Å². The summed E-state index contributed by atoms with van der Waals surface area (Å²) in [7, 11) is 0. The number of para-hydroxylation sites is 2. The van der Waals surface area contributed by atoms with Gasteiger partial charge in [-0.25, -0.2) is 0 Å². The second kappa shape index (κ2) is 8.56. The lowest BCUT2D eigenvalue weighted by Gasteiger charge is -2.20. The van der Waals surface area contributed by atoms with Crippen LogP contribution in [0.5, 0.6) is 5.75 Å². The van der Waals surface area contributed by atoms with Crippen molar-refractivity contribution in [2.24, 2.45) is 5.92 Å². The Balaban J connectivity index is 1.98. The average molecular weight is 318 g/mol. The first-order valence-electron chi connectivity index (χ1n) is 8.47. The molecule has 1 saturated heterocycles. The fraction of sp³-hybridized carbons (Fsp3) is 0.556. The molecule has 0 bridgehead atoms. The molecule has 5 heteroatoms. The number of benzene rings is 1. The van der Waals surface area contributed by atoms with Crippen LogP contribution in [0.4, 0.5) is 5.69 Å². The maximum Gasteiger partial charge on any atom is 0.227 e. The molecule has 0 aromatic heterocycles. The molecule has 1 unspecified atom stereocenters. The number of carbonyl (C=O) groups excluding carboxylic acids is 2. The Morgan fingerprint density at radius 2 is 2.09 bits per heavy atom. The monoisotopic (exact) mass is 318 g/mol. The Bertz CT molecular complexity index is 545. The van der Waals surface area contributed by atoms with Gasteiger partial charge >= 0.3 is 0 Å². The summed E-state index contributed by atoms with van der Waals surface area (Å²) >= 11 is 0. The number of hydrogen-bond acceptors (Lipinski definition) is 3. The van der Waals surface area contributed by atoms with E-state index in [1.165, 1.54) is 0 Å². The van der Waals surface area contributed by atoms with Crippen LogP contribution in [-0.4, -0.2) is 31.5 Å². The van der Waals surface area contributed by atoms with Gasteiger partial charge in [-0.1, -0.05) is 31.9 Å². The molecule has 0 radical (unpaired) electrons. The summed E-state index contributed by atoms with van der Waals surface area (Å²) in [5.74, 6) is 0.364. The number of carbonyl (C=O) groups is 2. The number of anilines is 1. The van der Waals surface area contributed by atoms with Crippen molar-refractivity contribution in [2.45, 2.75) is 39.5 Å². The Kier molecular flexibility index (Phi) is 6.44. The van der Waals surface area contributed by atoms with Crippen molar-refractivity contribution in [1.82, 2.24) is 5.32 Å². The highest BCUT2D eigenvalue weighted by Gasteiger charge is 2.36. The molecule has 1 aliphatic heterocycles. The fourth-order valence-electron chi connectivity index (χ4n) is 2.80. The maximum absolute atomic E-state index is 12.3. The highest BCUT2D eigenvalue weighted by atomic mass is 16.5. The summed E-state index contributed by atoms with van der Waals surface area (Å²) in [5.41, 5.74) is 0.751. The summed E-state index contributed by atoms with van der Waals surface area (Å²) < 4.78 is 5.59. The SMILES string of the molecule is CCCCCNC(=O)C1CC(=O)N(c2ccccc2OCC)C1. The summed E-state index contributed by atoms with van der Waals surface area (Å²) in [5, 5.41) is 2.94. The van der Waals surface area contributed by atoms with Gasteiger partial charge in [0.25, 0.3) is 0 Å². The number of nitrogens with zero attached hydrogens (tertiary/aromatic N) is 1. The molecule has 1 heterocycles. The smallest absolute Gasteiger partial charge is 0.227 e. The van der Waals surface area contributed by atoms with Crippen LogP contribution in [0.2, 0.25) is 0 Å². The molecule has 1 aliphatic rings. The van der Waals surface area contributed by atoms with Gasteiger partial charge in [0, 0.05) is 19.5 Å². The maximum atomic E-state index is 12.3. The minimum absolute atomic E-state index is 0.0224. The summed E-state index contributed by atoms with van der Waals surface area (Å²) in [6, 6.07) is 7.48. The van der Waals surface area contributed by atoms with Crippen molar-refractivity contribution in [3.8, 4) is 5.75 Å². The van der Waals surface area contributed by atoms with E-state index in [0.717, 1.165) is 24.9 Å². The first-order valence-corrected chi connectivity index (χ1v) is 8.47. The lowest BCUT2D eigenvalue weighted by Crippen LogP contribution is -2.33. The molecular weight excluding hydrogens is 292 g/mol. The van der Waals surface area contributed by atoms with Crippen LogP contribution >= 0.6 is 0 Å². The number of amides is 2. The number of nitrogens with one attached hydrogen (secondary N) is 1. The lowest BCUT2D eigenvalue weighted by molar-refractivity contribution is -0.126. The fourth-order valence-corrected chi connectivity index (χ4v) is 2.80. The van der Waals surface area contributed by atoms with Gasteiger partial charge < -0.3 is 15.0 Å². The number of unbranched alkanes of at least 4 members (excludes halogenated alkanes) is 2. The second-order valence-corrected chi connectivity index (χ2v) is 5.80. The van der Waals surface area contributed by atoms with Crippen LogP contribution < -0.4 is 15.0 Å². The van der Waals surface area contributed by atoms with E-state index < -0.39 is 0 Å². The number of ether oxygens (including phenoxy) is 1. The van der Waals surface area contributed by atoms with Crippen LogP contribution in [0.25, 0.3) is 0 Å². The molecule has 1 fully saturated rings. The first-order chi connectivity index (χ1) is 11.2. The van der Waals surface area contributed by atoms with E-state index in [9.17, 15) is 9.59 Å². The van der Waals surface area contributed by atoms with E-state index in [1.54, 1.807) is 4.90 Å². The second-order valence-electron chi connectivity index (χ2n) is 5.80. The van der Waals surface area contributed by atoms with Gasteiger partial charge in [0.1, 0.15) is 5.75 Å². The van der Waals surface area contributed by atoms with Crippen molar-refractivity contribution in [3.63, 3.8) is 0 Å². The molecule has 5 nitrogen and oxygen atoms in total. The first kappa shape index (κ1) is 17.3. The van der Waals surface area contributed by atoms with Crippen LogP contribution in [0.15, 0.2) is 24.3 Å². The van der Waals surface area contributed by atoms with Crippen molar-refractivity contribution in [3.05, 3.63) is 24.3 Å². The molecule has 0 aliphatic carbocycles. The van der Waals surface area contributed by atoms with Crippen molar-refractivity contribution >= 4 is 17.5 Å². The van der Waals surface area contributed by atoms with E-state index in [0.29, 0.717) is 25.4 Å². The molecule has 1 aromatic rings. The van der Waals surface area contributed by atoms with Gasteiger partial charge in [-0.05, 0) is 25.5 Å². The Hall–Kier alpha value is -2.04. The van der Waals surface area contributed by atoms with Gasteiger partial charge in [-0.2, -0.15) is 0 Å². The molecule has 1 N–H and O–H groups in total. The quantitative estimate of drug-likeness (QED) is 0.750. The highest BCUT2D eigenvalue weighted by Crippen LogP contribution is 2.33. The largest absolute Gasteiger partial charge is 0.492 e. The summed E-state index contributed by atoms with van der Waals surface area (Å²) in [4.78, 5) is 26.2. The molecule has 126 valence electrons. The summed E-state index contributed by atoms with van der Waals surface area (Å²) in [6.45, 7) is 5.69. The van der Waals surface area contributed by atoms with Crippen LogP contribution in [-0.2, 0) is 9.59 Å². The zero-order valence-corrected chi connectivity index (χ0v) is 14.0. The predicted molar refractivity (Wildman–Crippen MR) is 90.6 cm³/mol. The minimum Gasteiger partial charge on any atom is -0.492 e. The molecule has 0 saturated carbocycles. The van der Waals surface area contributed by atoms with Gasteiger partial charge in [-0.15, -0.1) is 0 Å². The number of rotatable bonds is 8. The number of hydrogen-bond donors (Lipinski definition) is 1. The Labute approximate surface area is 138 Å². The average Bonchev–Trinajstić information content (AvgIpc) is 2.94. The topological polar surface area (TPSA) is 58.6 Å². The van der Waals surface area contributed by atoms with E-state index in [1.807, 2.05) is 31.2 Å². The molecular formula is C18H26N2O3. The molecule has 1 atom stereocenters. The third-order valence-corrected chi connectivity index (χ3v) is 4.03. The van der Waals surface area contributed by atoms with E-state index in [-0.39, 0.29) is 24.2 Å². The normalized spacial score (nSPS) is 17.4. The Morgan fingerprint density at radius 3 is 2.83 bits per heavy atom. The molecule has 0 spiro atoms. The van der Waals surface area contributed by atoms with Gasteiger partial charge in [-0.3, -0.25) is 9.59 Å². The zero-order chi connectivity index (χ0) is 16.7. The Morgan fingerprint density at radius 1 is 1.30 bits per heavy atom. The molecule has 2 rings (SSSR count). The third-order valence-electron chi connectivity index (χ3n) is 4.03.